The van der Waals surface area contributed by atoms with Crippen LogP contribution in [0.3, 0.4) is 0 Å². The first kappa shape index (κ1) is 10.8. The SMILES string of the molecule is Cc1cc(C2CCCC2)c2c(F)cccc2c1. The fourth-order valence-electron chi connectivity index (χ4n) is 3.13. The van der Waals surface area contributed by atoms with Crippen LogP contribution in [-0.4, -0.2) is 0 Å². The third kappa shape index (κ3) is 1.84. The summed E-state index contributed by atoms with van der Waals surface area (Å²) in [6.45, 7) is 2.10. The number of hydrogen-bond donors (Lipinski definition) is 0. The average molecular weight is 228 g/mol. The number of rotatable bonds is 1. The molecular formula is C16H17F. The molecule has 0 bridgehead atoms. The van der Waals surface area contributed by atoms with Gasteiger partial charge in [0.25, 0.3) is 0 Å². The molecule has 0 amide bonds. The number of aryl methyl sites for hydroxylation is 1. The Morgan fingerprint density at radius 1 is 1.12 bits per heavy atom. The smallest absolute Gasteiger partial charge is 0.131 e. The van der Waals surface area contributed by atoms with Gasteiger partial charge in [0.15, 0.2) is 0 Å². The van der Waals surface area contributed by atoms with E-state index in [2.05, 4.69) is 19.1 Å². The van der Waals surface area contributed by atoms with Crippen LogP contribution in [0.4, 0.5) is 4.39 Å². The summed E-state index contributed by atoms with van der Waals surface area (Å²) < 4.78 is 14.0. The van der Waals surface area contributed by atoms with Gasteiger partial charge in [0, 0.05) is 5.39 Å². The van der Waals surface area contributed by atoms with E-state index < -0.39 is 0 Å². The summed E-state index contributed by atoms with van der Waals surface area (Å²) >= 11 is 0. The fraction of sp³-hybridized carbons (Fsp3) is 0.375. The van der Waals surface area contributed by atoms with Gasteiger partial charge < -0.3 is 0 Å². The Morgan fingerprint density at radius 3 is 2.65 bits per heavy atom. The van der Waals surface area contributed by atoms with Crippen molar-refractivity contribution >= 4 is 10.8 Å². The second kappa shape index (κ2) is 4.14. The van der Waals surface area contributed by atoms with Gasteiger partial charge in [0.2, 0.25) is 0 Å². The van der Waals surface area contributed by atoms with Crippen molar-refractivity contribution < 1.29 is 4.39 Å². The Labute approximate surface area is 101 Å². The summed E-state index contributed by atoms with van der Waals surface area (Å²) in [6, 6.07) is 9.66. The van der Waals surface area contributed by atoms with Crippen molar-refractivity contribution in [1.82, 2.24) is 0 Å². The molecule has 0 unspecified atom stereocenters. The van der Waals surface area contributed by atoms with Crippen molar-refractivity contribution in [2.45, 2.75) is 38.5 Å². The fourth-order valence-corrected chi connectivity index (χ4v) is 3.13. The zero-order chi connectivity index (χ0) is 11.8. The van der Waals surface area contributed by atoms with Gasteiger partial charge in [-0.3, -0.25) is 0 Å². The first-order valence-electron chi connectivity index (χ1n) is 6.44. The second-order valence-corrected chi connectivity index (χ2v) is 5.17. The molecule has 2 aromatic carbocycles. The molecule has 1 aliphatic carbocycles. The Morgan fingerprint density at radius 2 is 1.88 bits per heavy atom. The Hall–Kier alpha value is -1.37. The molecule has 0 heterocycles. The molecule has 1 saturated carbocycles. The molecule has 17 heavy (non-hydrogen) atoms. The highest BCUT2D eigenvalue weighted by atomic mass is 19.1. The molecular weight excluding hydrogens is 211 g/mol. The number of halogens is 1. The largest absolute Gasteiger partial charge is 0.206 e. The van der Waals surface area contributed by atoms with Crippen LogP contribution in [0.5, 0.6) is 0 Å². The maximum Gasteiger partial charge on any atom is 0.131 e. The molecule has 88 valence electrons. The molecule has 0 saturated heterocycles. The van der Waals surface area contributed by atoms with Gasteiger partial charge in [-0.2, -0.15) is 0 Å². The van der Waals surface area contributed by atoms with Crippen LogP contribution < -0.4 is 0 Å². The lowest BCUT2D eigenvalue weighted by Gasteiger charge is -2.15. The van der Waals surface area contributed by atoms with Gasteiger partial charge in [0.05, 0.1) is 0 Å². The van der Waals surface area contributed by atoms with E-state index in [4.69, 9.17) is 0 Å². The first-order valence-corrected chi connectivity index (χ1v) is 6.44. The third-order valence-electron chi connectivity index (χ3n) is 3.90. The van der Waals surface area contributed by atoms with Crippen LogP contribution in [0.25, 0.3) is 10.8 Å². The molecule has 3 rings (SSSR count). The number of benzene rings is 2. The maximum absolute atomic E-state index is 14.0. The molecule has 2 aromatic rings. The molecule has 0 atom stereocenters. The zero-order valence-corrected chi connectivity index (χ0v) is 10.2. The van der Waals surface area contributed by atoms with Crippen molar-refractivity contribution in [3.63, 3.8) is 0 Å². The van der Waals surface area contributed by atoms with Crippen LogP contribution in [0.2, 0.25) is 0 Å². The average Bonchev–Trinajstić information content (AvgIpc) is 2.81. The summed E-state index contributed by atoms with van der Waals surface area (Å²) in [4.78, 5) is 0. The summed E-state index contributed by atoms with van der Waals surface area (Å²) in [6.07, 6.45) is 5.00. The molecule has 0 aromatic heterocycles. The molecule has 1 fully saturated rings. The van der Waals surface area contributed by atoms with Gasteiger partial charge in [-0.25, -0.2) is 4.39 Å². The first-order chi connectivity index (χ1) is 8.25. The molecule has 0 spiro atoms. The minimum Gasteiger partial charge on any atom is -0.206 e. The zero-order valence-electron chi connectivity index (χ0n) is 10.2. The van der Waals surface area contributed by atoms with Gasteiger partial charge >= 0.3 is 0 Å². The predicted molar refractivity (Wildman–Crippen MR) is 69.9 cm³/mol. The summed E-state index contributed by atoms with van der Waals surface area (Å²) in [5.74, 6) is 0.499. The normalized spacial score (nSPS) is 16.8. The van der Waals surface area contributed by atoms with E-state index in [9.17, 15) is 4.39 Å². The maximum atomic E-state index is 14.0. The summed E-state index contributed by atoms with van der Waals surface area (Å²) in [5.41, 5.74) is 2.47. The lowest BCUT2D eigenvalue weighted by Crippen LogP contribution is -1.96. The van der Waals surface area contributed by atoms with E-state index in [0.717, 1.165) is 10.8 Å². The predicted octanol–water partition coefficient (Wildman–Crippen LogP) is 4.94. The highest BCUT2D eigenvalue weighted by molar-refractivity contribution is 5.87. The quantitative estimate of drug-likeness (QED) is 0.648. The van der Waals surface area contributed by atoms with Crippen LogP contribution >= 0.6 is 0 Å². The van der Waals surface area contributed by atoms with E-state index in [-0.39, 0.29) is 5.82 Å². The molecule has 1 aliphatic rings. The third-order valence-corrected chi connectivity index (χ3v) is 3.90. The number of fused-ring (bicyclic) bond motifs is 1. The van der Waals surface area contributed by atoms with Gasteiger partial charge in [0.1, 0.15) is 5.82 Å². The minimum absolute atomic E-state index is 0.0654. The van der Waals surface area contributed by atoms with E-state index >= 15 is 0 Å². The molecule has 1 heteroatoms. The van der Waals surface area contributed by atoms with Gasteiger partial charge in [-0.05, 0) is 42.7 Å². The highest BCUT2D eigenvalue weighted by Crippen LogP contribution is 2.38. The highest BCUT2D eigenvalue weighted by Gasteiger charge is 2.20. The van der Waals surface area contributed by atoms with Crippen LogP contribution in [0, 0.1) is 12.7 Å². The van der Waals surface area contributed by atoms with Crippen molar-refractivity contribution in [2.75, 3.05) is 0 Å². The Kier molecular flexibility index (Phi) is 2.62. The van der Waals surface area contributed by atoms with Crippen molar-refractivity contribution in [1.29, 1.82) is 0 Å². The lowest BCUT2D eigenvalue weighted by atomic mass is 9.90. The minimum atomic E-state index is -0.0654. The molecule has 0 nitrogen and oxygen atoms in total. The van der Waals surface area contributed by atoms with Crippen LogP contribution in [-0.2, 0) is 0 Å². The molecule has 0 N–H and O–H groups in total. The van der Waals surface area contributed by atoms with E-state index in [1.165, 1.54) is 36.8 Å². The van der Waals surface area contributed by atoms with Gasteiger partial charge in [-0.15, -0.1) is 0 Å². The topological polar surface area (TPSA) is 0 Å². The van der Waals surface area contributed by atoms with Crippen molar-refractivity contribution in [3.05, 3.63) is 47.3 Å². The monoisotopic (exact) mass is 228 g/mol. The standard InChI is InChI=1S/C16H17F/c1-11-9-13-7-4-8-15(17)16(13)14(10-11)12-5-2-3-6-12/h4,7-10,12H,2-3,5-6H2,1H3. The van der Waals surface area contributed by atoms with Crippen molar-refractivity contribution in [3.8, 4) is 0 Å². The molecule has 0 aliphatic heterocycles. The van der Waals surface area contributed by atoms with Crippen LogP contribution in [0.1, 0.15) is 42.7 Å². The van der Waals surface area contributed by atoms with E-state index in [1.807, 2.05) is 6.07 Å². The Balaban J connectivity index is 2.27. The lowest BCUT2D eigenvalue weighted by molar-refractivity contribution is 0.635. The van der Waals surface area contributed by atoms with Crippen LogP contribution in [0.15, 0.2) is 30.3 Å². The van der Waals surface area contributed by atoms with Gasteiger partial charge in [-0.1, -0.05) is 42.7 Å². The van der Waals surface area contributed by atoms with Crippen molar-refractivity contribution in [2.24, 2.45) is 0 Å². The second-order valence-electron chi connectivity index (χ2n) is 5.17. The number of hydrogen-bond acceptors (Lipinski definition) is 0. The van der Waals surface area contributed by atoms with E-state index in [1.54, 1.807) is 12.1 Å². The Bertz CT molecular complexity index is 551. The summed E-state index contributed by atoms with van der Waals surface area (Å²) in [7, 11) is 0. The summed E-state index contributed by atoms with van der Waals surface area (Å²) in [5, 5.41) is 1.90. The van der Waals surface area contributed by atoms with E-state index in [0.29, 0.717) is 5.92 Å². The molecule has 0 radical (unpaired) electrons.